The first-order chi connectivity index (χ1) is 19.0. The molecule has 1 spiro atoms. The normalized spacial score (nSPS) is 14.0. The molecule has 0 radical (unpaired) electrons. The molecular weight excluding hydrogens is 472 g/mol. The third-order valence-corrected chi connectivity index (χ3v) is 8.54. The van der Waals surface area contributed by atoms with Crippen LogP contribution in [0.3, 0.4) is 0 Å². The van der Waals surface area contributed by atoms with Crippen molar-refractivity contribution in [2.45, 2.75) is 19.3 Å². The third kappa shape index (κ3) is 3.31. The van der Waals surface area contributed by atoms with Crippen LogP contribution in [0, 0.1) is 5.41 Å². The standard InChI is InChI=1S/C37H30N2/c1-24(38)22-25(2)39(3)28-19-16-26(17-20-28)27-18-21-32-31-12-6-9-15-35(31)37(36(32)23-27)33-13-7-4-10-29(33)30-11-5-8-14-34(30)37/h4-23,38H,1-3H3/b25-22-,38-24?. The van der Waals surface area contributed by atoms with Gasteiger partial charge >= 0.3 is 0 Å². The molecule has 188 valence electrons. The average molecular weight is 503 g/mol. The van der Waals surface area contributed by atoms with Gasteiger partial charge in [0.15, 0.2) is 0 Å². The SMILES string of the molecule is CC(=N)/C=C(/C)N(C)c1ccc(-c2ccc3c(c2)C2(c4ccccc4-c4ccccc42)c2ccccc2-3)cc1. The minimum atomic E-state index is -0.318. The Balaban J connectivity index is 1.41. The first-order valence-electron chi connectivity index (χ1n) is 13.5. The Morgan fingerprint density at radius 1 is 0.590 bits per heavy atom. The van der Waals surface area contributed by atoms with Crippen LogP contribution in [0.25, 0.3) is 33.4 Å². The van der Waals surface area contributed by atoms with Crippen molar-refractivity contribution in [2.75, 3.05) is 11.9 Å². The van der Waals surface area contributed by atoms with Crippen LogP contribution < -0.4 is 4.90 Å². The lowest BCUT2D eigenvalue weighted by Gasteiger charge is -2.30. The summed E-state index contributed by atoms with van der Waals surface area (Å²) in [6, 6.07) is 42.6. The van der Waals surface area contributed by atoms with Gasteiger partial charge in [-0.05, 0) is 93.8 Å². The maximum Gasteiger partial charge on any atom is 0.0725 e. The fourth-order valence-electron chi connectivity index (χ4n) is 6.77. The lowest BCUT2D eigenvalue weighted by molar-refractivity contribution is 0.794. The molecular formula is C37H30N2. The van der Waals surface area contributed by atoms with Gasteiger partial charge < -0.3 is 10.3 Å². The Morgan fingerprint density at radius 2 is 1.05 bits per heavy atom. The molecule has 0 amide bonds. The monoisotopic (exact) mass is 502 g/mol. The van der Waals surface area contributed by atoms with Crippen LogP contribution in [-0.2, 0) is 5.41 Å². The first-order valence-corrected chi connectivity index (χ1v) is 13.5. The highest BCUT2D eigenvalue weighted by Gasteiger charge is 2.51. The summed E-state index contributed by atoms with van der Waals surface area (Å²) >= 11 is 0. The van der Waals surface area contributed by atoms with Gasteiger partial charge in [0.05, 0.1) is 5.41 Å². The van der Waals surface area contributed by atoms with E-state index in [4.69, 9.17) is 5.41 Å². The molecule has 0 atom stereocenters. The summed E-state index contributed by atoms with van der Waals surface area (Å²) in [5.74, 6) is 0. The van der Waals surface area contributed by atoms with Crippen molar-refractivity contribution in [1.29, 1.82) is 5.41 Å². The zero-order chi connectivity index (χ0) is 26.7. The van der Waals surface area contributed by atoms with Crippen LogP contribution in [0.5, 0.6) is 0 Å². The molecule has 5 aromatic rings. The van der Waals surface area contributed by atoms with Gasteiger partial charge in [-0.2, -0.15) is 0 Å². The van der Waals surface area contributed by atoms with E-state index in [2.05, 4.69) is 127 Å². The Labute approximate surface area is 230 Å². The van der Waals surface area contributed by atoms with E-state index in [1.54, 1.807) is 6.92 Å². The molecule has 2 nitrogen and oxygen atoms in total. The highest BCUT2D eigenvalue weighted by atomic mass is 15.1. The van der Waals surface area contributed by atoms with Gasteiger partial charge in [-0.3, -0.25) is 0 Å². The number of hydrogen-bond acceptors (Lipinski definition) is 2. The van der Waals surface area contributed by atoms with Crippen LogP contribution in [0.4, 0.5) is 5.69 Å². The maximum absolute atomic E-state index is 7.79. The molecule has 5 aromatic carbocycles. The lowest BCUT2D eigenvalue weighted by atomic mass is 9.70. The Morgan fingerprint density at radius 3 is 1.56 bits per heavy atom. The summed E-state index contributed by atoms with van der Waals surface area (Å²) in [6.07, 6.45) is 1.89. The maximum atomic E-state index is 7.79. The number of nitrogens with zero attached hydrogens (tertiary/aromatic N) is 1. The van der Waals surface area contributed by atoms with Crippen LogP contribution >= 0.6 is 0 Å². The number of rotatable bonds is 4. The van der Waals surface area contributed by atoms with Gasteiger partial charge in [-0.15, -0.1) is 0 Å². The van der Waals surface area contributed by atoms with E-state index in [1.807, 2.05) is 13.0 Å². The van der Waals surface area contributed by atoms with E-state index in [0.29, 0.717) is 5.71 Å². The Hall–Kier alpha value is -4.69. The first kappa shape index (κ1) is 23.4. The molecule has 2 aliphatic carbocycles. The van der Waals surface area contributed by atoms with Crippen molar-refractivity contribution in [2.24, 2.45) is 0 Å². The number of fused-ring (bicyclic) bond motifs is 10. The lowest BCUT2D eigenvalue weighted by Crippen LogP contribution is -2.25. The molecule has 7 rings (SSSR count). The molecule has 0 aromatic heterocycles. The van der Waals surface area contributed by atoms with Gasteiger partial charge in [0, 0.05) is 24.1 Å². The molecule has 2 heteroatoms. The Bertz CT molecular complexity index is 1740. The van der Waals surface area contributed by atoms with Crippen molar-refractivity contribution >= 4 is 11.4 Å². The van der Waals surface area contributed by atoms with E-state index in [-0.39, 0.29) is 5.41 Å². The molecule has 0 heterocycles. The molecule has 0 fully saturated rings. The topological polar surface area (TPSA) is 27.1 Å². The predicted octanol–water partition coefficient (Wildman–Crippen LogP) is 9.08. The van der Waals surface area contributed by atoms with Gasteiger partial charge in [0.25, 0.3) is 0 Å². The smallest absolute Gasteiger partial charge is 0.0725 e. The summed E-state index contributed by atoms with van der Waals surface area (Å²) < 4.78 is 0. The van der Waals surface area contributed by atoms with Crippen LogP contribution in [0.2, 0.25) is 0 Å². The molecule has 39 heavy (non-hydrogen) atoms. The number of allylic oxidation sites excluding steroid dienone is 2. The minimum absolute atomic E-state index is 0.318. The minimum Gasteiger partial charge on any atom is -0.348 e. The fourth-order valence-corrected chi connectivity index (χ4v) is 6.77. The van der Waals surface area contributed by atoms with Gasteiger partial charge in [-0.25, -0.2) is 0 Å². The van der Waals surface area contributed by atoms with E-state index < -0.39 is 0 Å². The third-order valence-electron chi connectivity index (χ3n) is 8.54. The Kier molecular flexibility index (Phi) is 5.21. The van der Waals surface area contributed by atoms with Crippen LogP contribution in [0.15, 0.2) is 127 Å². The number of anilines is 1. The van der Waals surface area contributed by atoms with Crippen LogP contribution in [0.1, 0.15) is 36.1 Å². The van der Waals surface area contributed by atoms with E-state index in [0.717, 1.165) is 11.4 Å². The zero-order valence-electron chi connectivity index (χ0n) is 22.5. The molecule has 0 bridgehead atoms. The summed E-state index contributed by atoms with van der Waals surface area (Å²) in [6.45, 7) is 3.85. The summed E-state index contributed by atoms with van der Waals surface area (Å²) in [5.41, 5.74) is 15.6. The van der Waals surface area contributed by atoms with Gasteiger partial charge in [0.2, 0.25) is 0 Å². The van der Waals surface area contributed by atoms with E-state index >= 15 is 0 Å². The zero-order valence-corrected chi connectivity index (χ0v) is 22.5. The largest absolute Gasteiger partial charge is 0.348 e. The summed E-state index contributed by atoms with van der Waals surface area (Å²) in [7, 11) is 2.05. The number of hydrogen-bond donors (Lipinski definition) is 1. The van der Waals surface area contributed by atoms with Crippen molar-refractivity contribution in [3.63, 3.8) is 0 Å². The summed E-state index contributed by atoms with van der Waals surface area (Å²) in [4.78, 5) is 2.13. The van der Waals surface area contributed by atoms with Crippen molar-refractivity contribution in [1.82, 2.24) is 0 Å². The second-order valence-electron chi connectivity index (χ2n) is 10.7. The van der Waals surface area contributed by atoms with Crippen molar-refractivity contribution in [3.8, 4) is 33.4 Å². The summed E-state index contributed by atoms with van der Waals surface area (Å²) in [5, 5.41) is 7.79. The average Bonchev–Trinajstić information content (AvgIpc) is 3.44. The second kappa shape index (κ2) is 8.68. The molecule has 2 aliphatic rings. The molecule has 0 saturated carbocycles. The predicted molar refractivity (Wildman–Crippen MR) is 164 cm³/mol. The fraction of sp³-hybridized carbons (Fsp3) is 0.108. The highest BCUT2D eigenvalue weighted by molar-refractivity contribution is 5.96. The molecule has 1 N–H and O–H groups in total. The van der Waals surface area contributed by atoms with Crippen molar-refractivity contribution < 1.29 is 0 Å². The van der Waals surface area contributed by atoms with Crippen molar-refractivity contribution in [3.05, 3.63) is 149 Å². The number of benzene rings is 5. The quantitative estimate of drug-likeness (QED) is 0.239. The van der Waals surface area contributed by atoms with Crippen LogP contribution in [-0.4, -0.2) is 12.8 Å². The second-order valence-corrected chi connectivity index (χ2v) is 10.7. The highest BCUT2D eigenvalue weighted by Crippen LogP contribution is 2.62. The van der Waals surface area contributed by atoms with E-state index in [1.165, 1.54) is 55.6 Å². The molecule has 0 saturated heterocycles. The van der Waals surface area contributed by atoms with Gasteiger partial charge in [0.1, 0.15) is 0 Å². The number of nitrogens with one attached hydrogen (secondary N) is 1. The molecule has 0 aliphatic heterocycles. The van der Waals surface area contributed by atoms with E-state index in [9.17, 15) is 0 Å². The van der Waals surface area contributed by atoms with Gasteiger partial charge in [-0.1, -0.05) is 97.1 Å². The molecule has 0 unspecified atom stereocenters.